The molecule has 7 nitrogen and oxygen atoms in total. The lowest BCUT2D eigenvalue weighted by atomic mass is 9.99. The summed E-state index contributed by atoms with van der Waals surface area (Å²) in [5, 5.41) is 13.8. The van der Waals surface area contributed by atoms with E-state index in [9.17, 15) is 9.90 Å². The van der Waals surface area contributed by atoms with Gasteiger partial charge in [-0.3, -0.25) is 9.48 Å². The minimum absolute atomic E-state index is 0.0517. The lowest BCUT2D eigenvalue weighted by Crippen LogP contribution is -2.36. The van der Waals surface area contributed by atoms with E-state index in [0.29, 0.717) is 38.4 Å². The van der Waals surface area contributed by atoms with Crippen LogP contribution in [0.25, 0.3) is 0 Å². The van der Waals surface area contributed by atoms with Gasteiger partial charge in [-0.25, -0.2) is 0 Å². The van der Waals surface area contributed by atoms with Crippen LogP contribution in [0.15, 0.2) is 0 Å². The van der Waals surface area contributed by atoms with Crippen molar-refractivity contribution in [3.63, 3.8) is 0 Å². The molecule has 1 N–H and O–H groups in total. The van der Waals surface area contributed by atoms with Gasteiger partial charge in [0.05, 0.1) is 37.7 Å². The predicted molar refractivity (Wildman–Crippen MR) is 85.4 cm³/mol. The number of hydrogen-bond donors (Lipinski definition) is 1. The molecule has 0 aromatic carbocycles. The van der Waals surface area contributed by atoms with Crippen LogP contribution in [0.1, 0.15) is 48.6 Å². The highest BCUT2D eigenvalue weighted by atomic mass is 16.5. The molecule has 1 amide bonds. The van der Waals surface area contributed by atoms with E-state index >= 15 is 0 Å². The second-order valence-corrected chi connectivity index (χ2v) is 5.83. The van der Waals surface area contributed by atoms with Crippen molar-refractivity contribution in [1.82, 2.24) is 14.7 Å². The third-order valence-corrected chi connectivity index (χ3v) is 4.14. The molecule has 7 heteroatoms. The first-order valence-corrected chi connectivity index (χ1v) is 8.17. The number of hydrogen-bond acceptors (Lipinski definition) is 5. The third kappa shape index (κ3) is 3.73. The largest absolute Gasteiger partial charge is 0.395 e. The first kappa shape index (κ1) is 17.9. The monoisotopic (exact) mass is 325 g/mol. The van der Waals surface area contributed by atoms with Crippen LogP contribution in [-0.4, -0.2) is 65.2 Å². The number of likely N-dealkylation sites (N-methyl/N-ethyl adjacent to an activating group) is 1. The van der Waals surface area contributed by atoms with Crippen LogP contribution in [0.3, 0.4) is 0 Å². The molecule has 2 atom stereocenters. The molecule has 1 aromatic rings. The average molecular weight is 325 g/mol. The molecule has 2 rings (SSSR count). The van der Waals surface area contributed by atoms with Crippen LogP contribution in [0.4, 0.5) is 0 Å². The molecule has 0 spiro atoms. The SMILES string of the molecule is CCN(CCO)C(=O)c1c2c(nn1CCOC)[C@H](C)O[C@H](C)C2. The number of amides is 1. The Kier molecular flexibility index (Phi) is 6.15. The summed E-state index contributed by atoms with van der Waals surface area (Å²) in [5.41, 5.74) is 2.41. The van der Waals surface area contributed by atoms with E-state index < -0.39 is 0 Å². The Hall–Kier alpha value is -1.44. The highest BCUT2D eigenvalue weighted by Crippen LogP contribution is 2.32. The van der Waals surface area contributed by atoms with Crippen molar-refractivity contribution in [2.75, 3.05) is 33.4 Å². The summed E-state index contributed by atoms with van der Waals surface area (Å²) in [7, 11) is 1.63. The summed E-state index contributed by atoms with van der Waals surface area (Å²) in [6.45, 7) is 7.69. The van der Waals surface area contributed by atoms with E-state index in [1.54, 1.807) is 16.7 Å². The highest BCUT2D eigenvalue weighted by molar-refractivity contribution is 5.94. The minimum Gasteiger partial charge on any atom is -0.395 e. The maximum absolute atomic E-state index is 13.0. The maximum atomic E-state index is 13.0. The van der Waals surface area contributed by atoms with Gasteiger partial charge in [0.1, 0.15) is 5.69 Å². The van der Waals surface area contributed by atoms with Gasteiger partial charge in [-0.2, -0.15) is 5.10 Å². The number of ether oxygens (including phenoxy) is 2. The fourth-order valence-electron chi connectivity index (χ4n) is 3.05. The molecular weight excluding hydrogens is 298 g/mol. The van der Waals surface area contributed by atoms with Gasteiger partial charge in [0.2, 0.25) is 0 Å². The van der Waals surface area contributed by atoms with E-state index in [2.05, 4.69) is 5.10 Å². The smallest absolute Gasteiger partial charge is 0.272 e. The van der Waals surface area contributed by atoms with Gasteiger partial charge < -0.3 is 19.5 Å². The van der Waals surface area contributed by atoms with E-state index in [1.165, 1.54) is 0 Å². The van der Waals surface area contributed by atoms with E-state index in [0.717, 1.165) is 11.3 Å². The van der Waals surface area contributed by atoms with Crippen molar-refractivity contribution in [2.24, 2.45) is 0 Å². The fourth-order valence-corrected chi connectivity index (χ4v) is 3.05. The van der Waals surface area contributed by atoms with Crippen LogP contribution in [-0.2, 0) is 22.4 Å². The quantitative estimate of drug-likeness (QED) is 0.809. The van der Waals surface area contributed by atoms with E-state index in [4.69, 9.17) is 9.47 Å². The van der Waals surface area contributed by atoms with Crippen LogP contribution >= 0.6 is 0 Å². The molecule has 0 saturated heterocycles. The Bertz CT molecular complexity index is 544. The van der Waals surface area contributed by atoms with Crippen molar-refractivity contribution in [2.45, 2.75) is 45.9 Å². The zero-order valence-electron chi connectivity index (χ0n) is 14.4. The maximum Gasteiger partial charge on any atom is 0.272 e. The molecule has 23 heavy (non-hydrogen) atoms. The number of aliphatic hydroxyl groups is 1. The van der Waals surface area contributed by atoms with Crippen molar-refractivity contribution in [3.8, 4) is 0 Å². The van der Waals surface area contributed by atoms with Gasteiger partial charge in [0.15, 0.2) is 0 Å². The molecule has 0 saturated carbocycles. The Labute approximate surface area is 137 Å². The number of carbonyl (C=O) groups excluding carboxylic acids is 1. The zero-order valence-corrected chi connectivity index (χ0v) is 14.4. The van der Waals surface area contributed by atoms with Crippen LogP contribution in [0, 0.1) is 0 Å². The molecule has 1 aliphatic rings. The number of nitrogens with zero attached hydrogens (tertiary/aromatic N) is 3. The topological polar surface area (TPSA) is 76.8 Å². The van der Waals surface area contributed by atoms with Gasteiger partial charge in [0, 0.05) is 32.2 Å². The van der Waals surface area contributed by atoms with Gasteiger partial charge in [-0.15, -0.1) is 0 Å². The Morgan fingerprint density at radius 1 is 1.52 bits per heavy atom. The molecule has 0 aliphatic carbocycles. The van der Waals surface area contributed by atoms with Crippen LogP contribution in [0.2, 0.25) is 0 Å². The summed E-state index contributed by atoms with van der Waals surface area (Å²) in [5.74, 6) is -0.0901. The molecule has 1 aliphatic heterocycles. The van der Waals surface area contributed by atoms with Crippen molar-refractivity contribution in [3.05, 3.63) is 17.0 Å². The molecule has 1 aromatic heterocycles. The normalized spacial score (nSPS) is 20.4. The summed E-state index contributed by atoms with van der Waals surface area (Å²) in [4.78, 5) is 14.6. The molecule has 0 bridgehead atoms. The Balaban J connectivity index is 2.44. The van der Waals surface area contributed by atoms with E-state index in [1.807, 2.05) is 20.8 Å². The molecule has 0 unspecified atom stereocenters. The lowest BCUT2D eigenvalue weighted by Gasteiger charge is -2.26. The molecule has 2 heterocycles. The second kappa shape index (κ2) is 7.90. The second-order valence-electron chi connectivity index (χ2n) is 5.83. The number of methoxy groups -OCH3 is 1. The Morgan fingerprint density at radius 3 is 2.87 bits per heavy atom. The number of fused-ring (bicyclic) bond motifs is 1. The number of carbonyl (C=O) groups is 1. The molecule has 130 valence electrons. The predicted octanol–water partition coefficient (Wildman–Crippen LogP) is 1.01. The summed E-state index contributed by atoms with van der Waals surface area (Å²) < 4.78 is 12.7. The van der Waals surface area contributed by atoms with Gasteiger partial charge in [-0.1, -0.05) is 0 Å². The van der Waals surface area contributed by atoms with Crippen molar-refractivity contribution >= 4 is 5.91 Å². The van der Waals surface area contributed by atoms with Crippen LogP contribution in [0.5, 0.6) is 0 Å². The van der Waals surface area contributed by atoms with Crippen molar-refractivity contribution < 1.29 is 19.4 Å². The number of aromatic nitrogens is 2. The lowest BCUT2D eigenvalue weighted by molar-refractivity contribution is -0.00721. The first-order valence-electron chi connectivity index (χ1n) is 8.17. The number of rotatable bonds is 7. The summed E-state index contributed by atoms with van der Waals surface area (Å²) in [6, 6.07) is 0. The summed E-state index contributed by atoms with van der Waals surface area (Å²) in [6.07, 6.45) is 0.596. The summed E-state index contributed by atoms with van der Waals surface area (Å²) >= 11 is 0. The Morgan fingerprint density at radius 2 is 2.26 bits per heavy atom. The molecular formula is C16H27N3O4. The minimum atomic E-state index is -0.128. The van der Waals surface area contributed by atoms with Crippen LogP contribution < -0.4 is 0 Å². The molecule has 0 fully saturated rings. The zero-order chi connectivity index (χ0) is 17.0. The fraction of sp³-hybridized carbons (Fsp3) is 0.750. The molecule has 0 radical (unpaired) electrons. The standard InChI is InChI=1S/C16H27N3O4/c1-5-18(6-8-20)16(21)15-13-10-11(2)23-12(3)14(13)17-19(15)7-9-22-4/h11-12,20H,5-10H2,1-4H3/t11-,12+/m1/s1. The highest BCUT2D eigenvalue weighted by Gasteiger charge is 2.33. The average Bonchev–Trinajstić information content (AvgIpc) is 2.88. The van der Waals surface area contributed by atoms with E-state index in [-0.39, 0.29) is 24.7 Å². The first-order chi connectivity index (χ1) is 11.0. The van der Waals surface area contributed by atoms with Gasteiger partial charge in [0.25, 0.3) is 5.91 Å². The third-order valence-electron chi connectivity index (χ3n) is 4.14. The van der Waals surface area contributed by atoms with Crippen molar-refractivity contribution in [1.29, 1.82) is 0 Å². The van der Waals surface area contributed by atoms with Gasteiger partial charge in [-0.05, 0) is 20.8 Å². The number of aliphatic hydroxyl groups excluding tert-OH is 1. The van der Waals surface area contributed by atoms with Gasteiger partial charge >= 0.3 is 0 Å².